The lowest BCUT2D eigenvalue weighted by atomic mass is 9.68. The molecule has 2 N–H and O–H groups in total. The number of carbonyl (C=O) groups is 1. The molecule has 2 unspecified atom stereocenters. The van der Waals surface area contributed by atoms with Crippen LogP contribution in [0.3, 0.4) is 0 Å². The molecule has 1 aliphatic heterocycles. The molecule has 0 aromatic carbocycles. The molecule has 4 rings (SSSR count). The Kier molecular flexibility index (Phi) is 5.99. The largest absolute Gasteiger partial charge is 0.369 e. The van der Waals surface area contributed by atoms with E-state index in [1.165, 1.54) is 5.57 Å². The minimum absolute atomic E-state index is 0.0665. The summed E-state index contributed by atoms with van der Waals surface area (Å²) in [6.07, 6.45) is 13.2. The van der Waals surface area contributed by atoms with Crippen molar-refractivity contribution in [3.8, 4) is 11.3 Å². The minimum atomic E-state index is -0.489. The van der Waals surface area contributed by atoms with Gasteiger partial charge in [-0.2, -0.15) is 0 Å². The zero-order valence-corrected chi connectivity index (χ0v) is 18.8. The minimum Gasteiger partial charge on any atom is -0.369 e. The number of hydrogen-bond acceptors (Lipinski definition) is 6. The third kappa shape index (κ3) is 4.10. The fourth-order valence-corrected chi connectivity index (χ4v) is 4.37. The first-order chi connectivity index (χ1) is 15.4. The molecule has 0 radical (unpaired) electrons. The van der Waals surface area contributed by atoms with Crippen LogP contribution in [-0.4, -0.2) is 46.2 Å². The van der Waals surface area contributed by atoms with Crippen LogP contribution >= 0.6 is 0 Å². The summed E-state index contributed by atoms with van der Waals surface area (Å²) >= 11 is 0. The first-order valence-corrected chi connectivity index (χ1v) is 10.8. The average Bonchev–Trinajstić information content (AvgIpc) is 2.81. The molecule has 164 valence electrons. The van der Waals surface area contributed by atoms with Crippen molar-refractivity contribution in [1.82, 2.24) is 20.3 Å². The Bertz CT molecular complexity index is 1130. The molecule has 2 aliphatic rings. The van der Waals surface area contributed by atoms with Crippen molar-refractivity contribution < 1.29 is 4.79 Å². The number of fused-ring (bicyclic) bond motifs is 1. The van der Waals surface area contributed by atoms with Crippen molar-refractivity contribution in [3.05, 3.63) is 71.9 Å². The Hall–Kier alpha value is -3.61. The number of anilines is 1. The van der Waals surface area contributed by atoms with Gasteiger partial charge >= 0.3 is 0 Å². The smallest absolute Gasteiger partial charge is 0.247 e. The maximum Gasteiger partial charge on any atom is 0.247 e. The van der Waals surface area contributed by atoms with Gasteiger partial charge < -0.3 is 10.6 Å². The van der Waals surface area contributed by atoms with Crippen molar-refractivity contribution >= 4 is 17.9 Å². The van der Waals surface area contributed by atoms with Gasteiger partial charge in [-0.15, -0.1) is 0 Å². The zero-order valence-electron chi connectivity index (χ0n) is 18.8. The maximum absolute atomic E-state index is 12.4. The lowest BCUT2D eigenvalue weighted by molar-refractivity contribution is -0.117. The summed E-state index contributed by atoms with van der Waals surface area (Å²) < 4.78 is 0. The monoisotopic (exact) mass is 428 g/mol. The molecule has 2 aromatic rings. The van der Waals surface area contributed by atoms with Gasteiger partial charge in [0, 0.05) is 54.8 Å². The number of aryl methyl sites for hydroxylation is 1. The van der Waals surface area contributed by atoms with E-state index in [9.17, 15) is 4.79 Å². The molecule has 0 fully saturated rings. The number of allylic oxidation sites excluding steroid dienone is 3. The van der Waals surface area contributed by atoms with E-state index < -0.39 is 5.54 Å². The number of nitrogens with one attached hydrogen (secondary N) is 2. The van der Waals surface area contributed by atoms with Gasteiger partial charge in [0.15, 0.2) is 0 Å². The zero-order chi connectivity index (χ0) is 22.7. The Morgan fingerprint density at radius 1 is 1.22 bits per heavy atom. The third-order valence-electron chi connectivity index (χ3n) is 6.18. The van der Waals surface area contributed by atoms with E-state index in [2.05, 4.69) is 51.6 Å². The molecular weight excluding hydrogens is 400 g/mol. The summed E-state index contributed by atoms with van der Waals surface area (Å²) in [4.78, 5) is 30.3. The topological polar surface area (TPSA) is 92.2 Å². The molecule has 7 heteroatoms. The van der Waals surface area contributed by atoms with Gasteiger partial charge in [-0.05, 0) is 43.5 Å². The third-order valence-corrected chi connectivity index (χ3v) is 6.18. The van der Waals surface area contributed by atoms with Crippen LogP contribution in [0.5, 0.6) is 0 Å². The maximum atomic E-state index is 12.4. The van der Waals surface area contributed by atoms with Crippen molar-refractivity contribution in [3.63, 3.8) is 0 Å². The summed E-state index contributed by atoms with van der Waals surface area (Å²) in [7, 11) is 1.66. The number of likely N-dealkylation sites (N-methyl/N-ethyl adjacent to an activating group) is 1. The number of aliphatic imine (C=N–C) groups is 1. The molecule has 0 saturated carbocycles. The van der Waals surface area contributed by atoms with Crippen LogP contribution in [0.4, 0.5) is 5.82 Å². The summed E-state index contributed by atoms with van der Waals surface area (Å²) in [6.45, 7) is 6.91. The fraction of sp³-hybridized carbons (Fsp3) is 0.320. The highest BCUT2D eigenvalue weighted by atomic mass is 16.1. The molecule has 3 atom stereocenters. The molecule has 0 saturated heterocycles. The average molecular weight is 429 g/mol. The summed E-state index contributed by atoms with van der Waals surface area (Å²) in [5.74, 6) is 0.778. The Morgan fingerprint density at radius 2 is 2.06 bits per heavy atom. The van der Waals surface area contributed by atoms with Gasteiger partial charge in [0.2, 0.25) is 5.91 Å². The van der Waals surface area contributed by atoms with Gasteiger partial charge in [0.05, 0.1) is 11.2 Å². The van der Waals surface area contributed by atoms with Crippen LogP contribution in [0.2, 0.25) is 0 Å². The number of carbonyl (C=O) groups excluding carboxylic acids is 1. The van der Waals surface area contributed by atoms with Crippen LogP contribution in [0.15, 0.2) is 71.2 Å². The van der Waals surface area contributed by atoms with Crippen molar-refractivity contribution in [2.45, 2.75) is 26.3 Å². The van der Waals surface area contributed by atoms with Gasteiger partial charge in [-0.25, -0.2) is 9.97 Å². The molecule has 0 spiro atoms. The van der Waals surface area contributed by atoms with Crippen LogP contribution in [0, 0.1) is 18.8 Å². The van der Waals surface area contributed by atoms with E-state index in [0.29, 0.717) is 6.54 Å². The highest BCUT2D eigenvalue weighted by Crippen LogP contribution is 2.43. The van der Waals surface area contributed by atoms with Crippen molar-refractivity contribution in [2.75, 3.05) is 18.9 Å². The van der Waals surface area contributed by atoms with E-state index >= 15 is 0 Å². The quantitative estimate of drug-likeness (QED) is 0.734. The molecule has 0 bridgehead atoms. The predicted octanol–water partition coefficient (Wildman–Crippen LogP) is 3.52. The number of nitrogens with zero attached hydrogens (tertiary/aromatic N) is 4. The number of dihydropyridines is 1. The van der Waals surface area contributed by atoms with Gasteiger partial charge in [-0.3, -0.25) is 14.8 Å². The molecule has 1 amide bonds. The molecule has 32 heavy (non-hydrogen) atoms. The number of amides is 1. The number of rotatable bonds is 6. The summed E-state index contributed by atoms with van der Waals surface area (Å²) in [5, 5.41) is 6.18. The second-order valence-corrected chi connectivity index (χ2v) is 8.37. The number of hydrogen-bond donors (Lipinski definition) is 2. The van der Waals surface area contributed by atoms with E-state index in [4.69, 9.17) is 4.99 Å². The lowest BCUT2D eigenvalue weighted by Crippen LogP contribution is -2.44. The molecule has 2 aromatic heterocycles. The normalized spacial score (nSPS) is 22.4. The second-order valence-electron chi connectivity index (χ2n) is 8.37. The van der Waals surface area contributed by atoms with Crippen molar-refractivity contribution in [1.29, 1.82) is 0 Å². The van der Waals surface area contributed by atoms with E-state index in [1.54, 1.807) is 19.6 Å². The first kappa shape index (κ1) is 21.6. The SMILES string of the molecule is CNC(=O)C1=CC=NC2(C)C([C@H](C)CNc3cc(-c4ccc(C)nc4)ncn3)=CC=CC12. The fourth-order valence-electron chi connectivity index (χ4n) is 4.37. The summed E-state index contributed by atoms with van der Waals surface area (Å²) in [6, 6.07) is 5.92. The highest BCUT2D eigenvalue weighted by Gasteiger charge is 2.43. The van der Waals surface area contributed by atoms with Crippen molar-refractivity contribution in [2.24, 2.45) is 16.8 Å². The predicted molar refractivity (Wildman–Crippen MR) is 127 cm³/mol. The molecule has 7 nitrogen and oxygen atoms in total. The van der Waals surface area contributed by atoms with E-state index in [-0.39, 0.29) is 17.7 Å². The summed E-state index contributed by atoms with van der Waals surface area (Å²) in [5.41, 5.74) is 4.17. The highest BCUT2D eigenvalue weighted by molar-refractivity contribution is 5.99. The second kappa shape index (κ2) is 8.86. The molecule has 3 heterocycles. The van der Waals surface area contributed by atoms with Crippen LogP contribution in [0.1, 0.15) is 19.5 Å². The van der Waals surface area contributed by atoms with Crippen LogP contribution in [-0.2, 0) is 4.79 Å². The standard InChI is InChI=1S/C25H28N6O/c1-16(13-28-23-12-22(29-15-30-23)18-9-8-17(2)27-14-18)20-6-5-7-21-19(24(32)26-4)10-11-31-25(20,21)3/h5-12,14-16,21H,13H2,1-4H3,(H,26,32)(H,28,29,30)/t16-,21?,25?/m1/s1. The number of pyridine rings is 1. The molecular formula is C25H28N6O. The van der Waals surface area contributed by atoms with Gasteiger partial charge in [0.1, 0.15) is 12.1 Å². The lowest BCUT2D eigenvalue weighted by Gasteiger charge is -2.41. The first-order valence-electron chi connectivity index (χ1n) is 10.8. The Morgan fingerprint density at radius 3 is 2.81 bits per heavy atom. The Balaban J connectivity index is 1.49. The molecule has 1 aliphatic carbocycles. The van der Waals surface area contributed by atoms with E-state index in [1.807, 2.05) is 43.5 Å². The van der Waals surface area contributed by atoms with Gasteiger partial charge in [0.25, 0.3) is 0 Å². The van der Waals surface area contributed by atoms with E-state index in [0.717, 1.165) is 28.3 Å². The van der Waals surface area contributed by atoms with Crippen LogP contribution < -0.4 is 10.6 Å². The number of aromatic nitrogens is 3. The van der Waals surface area contributed by atoms with Gasteiger partial charge in [-0.1, -0.05) is 25.2 Å². The Labute approximate surface area is 188 Å². The van der Waals surface area contributed by atoms with Crippen LogP contribution in [0.25, 0.3) is 11.3 Å².